The predicted octanol–water partition coefficient (Wildman–Crippen LogP) is 3.93. The average molecular weight is 439 g/mol. The first-order valence-corrected chi connectivity index (χ1v) is 9.21. The molecule has 1 N–H and O–H groups in total. The summed E-state index contributed by atoms with van der Waals surface area (Å²) in [6.07, 6.45) is 2.31. The first-order valence-electron chi connectivity index (χ1n) is 7.70. The molecule has 26 heavy (non-hydrogen) atoms. The SMILES string of the molecule is C[C@]12C=C[C@@](CNC(=O)OCc3ccccc3)(O1)C(Cl)(Cl)C(=O)C2(Cl)Cl. The van der Waals surface area contributed by atoms with Crippen LogP contribution in [-0.2, 0) is 20.9 Å². The van der Waals surface area contributed by atoms with Crippen molar-refractivity contribution in [1.29, 1.82) is 0 Å². The Morgan fingerprint density at radius 3 is 2.42 bits per heavy atom. The number of carbonyl (C=O) groups is 2. The van der Waals surface area contributed by atoms with Crippen LogP contribution in [-0.4, -0.2) is 38.3 Å². The van der Waals surface area contributed by atoms with E-state index in [2.05, 4.69) is 5.32 Å². The second kappa shape index (κ2) is 6.57. The minimum Gasteiger partial charge on any atom is -0.445 e. The summed E-state index contributed by atoms with van der Waals surface area (Å²) in [4.78, 5) is 24.6. The quantitative estimate of drug-likeness (QED) is 0.571. The number of Topliss-reactive ketones (excluding diaryl/α,β-unsaturated/α-hetero) is 1. The summed E-state index contributed by atoms with van der Waals surface area (Å²) in [5.74, 6) is -0.810. The van der Waals surface area contributed by atoms with Crippen LogP contribution in [0, 0.1) is 0 Å². The summed E-state index contributed by atoms with van der Waals surface area (Å²) in [6.45, 7) is 1.43. The Bertz CT molecular complexity index is 767. The van der Waals surface area contributed by atoms with Gasteiger partial charge in [0.05, 0.1) is 6.54 Å². The Labute approximate surface area is 170 Å². The highest BCUT2D eigenvalue weighted by Gasteiger charge is 2.73. The molecule has 0 spiro atoms. The minimum atomic E-state index is -2.09. The second-order valence-electron chi connectivity index (χ2n) is 6.33. The van der Waals surface area contributed by atoms with Crippen molar-refractivity contribution in [2.75, 3.05) is 6.54 Å². The fourth-order valence-corrected chi connectivity index (χ4v) is 4.18. The van der Waals surface area contributed by atoms with E-state index in [4.69, 9.17) is 55.9 Å². The van der Waals surface area contributed by atoms with Crippen molar-refractivity contribution in [1.82, 2.24) is 5.32 Å². The van der Waals surface area contributed by atoms with Crippen LogP contribution in [0.5, 0.6) is 0 Å². The fourth-order valence-electron chi connectivity index (χ4n) is 2.88. The molecule has 0 aromatic heterocycles. The molecule has 1 saturated heterocycles. The molecule has 0 aliphatic carbocycles. The van der Waals surface area contributed by atoms with Crippen LogP contribution in [0.25, 0.3) is 0 Å². The number of ketones is 1. The summed E-state index contributed by atoms with van der Waals surface area (Å²) in [5, 5.41) is 2.52. The number of alkyl halides is 4. The van der Waals surface area contributed by atoms with Gasteiger partial charge in [0.25, 0.3) is 0 Å². The van der Waals surface area contributed by atoms with E-state index in [9.17, 15) is 9.59 Å². The number of ether oxygens (including phenoxy) is 2. The minimum absolute atomic E-state index is 0.0897. The molecule has 5 nitrogen and oxygen atoms in total. The van der Waals surface area contributed by atoms with Crippen molar-refractivity contribution in [3.8, 4) is 0 Å². The summed E-state index contributed by atoms with van der Waals surface area (Å²) in [5.41, 5.74) is -2.01. The number of halogens is 4. The molecule has 9 heteroatoms. The zero-order valence-corrected chi connectivity index (χ0v) is 16.6. The lowest BCUT2D eigenvalue weighted by atomic mass is 9.89. The molecule has 1 aromatic carbocycles. The molecule has 0 saturated carbocycles. The number of nitrogens with one attached hydrogen (secondary N) is 1. The molecule has 2 aliphatic heterocycles. The maximum atomic E-state index is 12.6. The van der Waals surface area contributed by atoms with Crippen molar-refractivity contribution in [3.63, 3.8) is 0 Å². The van der Waals surface area contributed by atoms with E-state index in [1.165, 1.54) is 12.2 Å². The van der Waals surface area contributed by atoms with Crippen molar-refractivity contribution in [3.05, 3.63) is 48.0 Å². The second-order valence-corrected chi connectivity index (χ2v) is 8.98. The third-order valence-electron chi connectivity index (χ3n) is 4.50. The van der Waals surface area contributed by atoms with Gasteiger partial charge >= 0.3 is 6.09 Å². The number of alkyl carbamates (subject to hydrolysis) is 1. The van der Waals surface area contributed by atoms with Crippen LogP contribution in [0.3, 0.4) is 0 Å². The van der Waals surface area contributed by atoms with Gasteiger partial charge in [0.2, 0.25) is 14.4 Å². The zero-order valence-electron chi connectivity index (χ0n) is 13.6. The Morgan fingerprint density at radius 1 is 1.12 bits per heavy atom. The lowest BCUT2D eigenvalue weighted by Gasteiger charge is -2.50. The van der Waals surface area contributed by atoms with E-state index in [1.54, 1.807) is 6.92 Å². The molecule has 1 amide bonds. The highest BCUT2D eigenvalue weighted by atomic mass is 35.5. The molecule has 2 aliphatic rings. The van der Waals surface area contributed by atoms with Gasteiger partial charge in [-0.05, 0) is 18.6 Å². The predicted molar refractivity (Wildman–Crippen MR) is 99.9 cm³/mol. The number of hydrogen-bond donors (Lipinski definition) is 1. The topological polar surface area (TPSA) is 64.6 Å². The van der Waals surface area contributed by atoms with Crippen molar-refractivity contribution < 1.29 is 19.1 Å². The Hall–Kier alpha value is -0.980. The van der Waals surface area contributed by atoms with E-state index in [1.807, 2.05) is 30.3 Å². The molecule has 0 unspecified atom stereocenters. The fraction of sp³-hybridized carbons (Fsp3) is 0.412. The molecule has 0 radical (unpaired) electrons. The zero-order chi connectivity index (χ0) is 19.2. The largest absolute Gasteiger partial charge is 0.445 e. The smallest absolute Gasteiger partial charge is 0.407 e. The molecule has 2 heterocycles. The van der Waals surface area contributed by atoms with Gasteiger partial charge in [-0.1, -0.05) is 82.8 Å². The van der Waals surface area contributed by atoms with Crippen LogP contribution in [0.4, 0.5) is 4.79 Å². The molecule has 2 atom stereocenters. The van der Waals surface area contributed by atoms with Gasteiger partial charge in [0.15, 0.2) is 0 Å². The summed E-state index contributed by atoms with van der Waals surface area (Å²) < 4.78 is 6.94. The van der Waals surface area contributed by atoms with Crippen molar-refractivity contribution in [2.24, 2.45) is 0 Å². The molecule has 3 rings (SSSR count). The van der Waals surface area contributed by atoms with Crippen LogP contribution in [0.15, 0.2) is 42.5 Å². The molecule has 140 valence electrons. The summed E-state index contributed by atoms with van der Waals surface area (Å²) in [7, 11) is 0. The highest BCUT2D eigenvalue weighted by Crippen LogP contribution is 2.59. The average Bonchev–Trinajstić information content (AvgIpc) is 2.97. The number of hydrogen-bond acceptors (Lipinski definition) is 4. The standard InChI is InChI=1S/C17H15Cl4NO4/c1-14-7-8-15(26-14,17(20,21)12(23)16(14,18)19)10-22-13(24)25-9-11-5-3-2-4-6-11/h2-8H,9-10H2,1H3,(H,22,24)/t14-,15+/m1/s1. The number of fused-ring (bicyclic) bond motifs is 2. The van der Waals surface area contributed by atoms with Gasteiger partial charge in [-0.25, -0.2) is 4.79 Å². The number of amides is 1. The number of benzene rings is 1. The van der Waals surface area contributed by atoms with E-state index in [0.29, 0.717) is 0 Å². The van der Waals surface area contributed by atoms with Crippen LogP contribution in [0.1, 0.15) is 12.5 Å². The Morgan fingerprint density at radius 2 is 1.77 bits per heavy atom. The third kappa shape index (κ3) is 3.00. The van der Waals surface area contributed by atoms with E-state index >= 15 is 0 Å². The van der Waals surface area contributed by atoms with E-state index < -0.39 is 31.7 Å². The van der Waals surface area contributed by atoms with Gasteiger partial charge in [-0.15, -0.1) is 0 Å². The lowest BCUT2D eigenvalue weighted by molar-refractivity contribution is -0.155. The maximum Gasteiger partial charge on any atom is 0.407 e. The highest BCUT2D eigenvalue weighted by molar-refractivity contribution is 6.70. The first kappa shape index (κ1) is 19.8. The summed E-state index contributed by atoms with van der Waals surface area (Å²) in [6, 6.07) is 9.17. The molecule has 1 aromatic rings. The van der Waals surface area contributed by atoms with Gasteiger partial charge in [0, 0.05) is 0 Å². The monoisotopic (exact) mass is 437 g/mol. The van der Waals surface area contributed by atoms with Crippen LogP contribution in [0.2, 0.25) is 0 Å². The summed E-state index contributed by atoms with van der Waals surface area (Å²) >= 11 is 24.8. The van der Waals surface area contributed by atoms with Gasteiger partial charge < -0.3 is 14.8 Å². The van der Waals surface area contributed by atoms with E-state index in [0.717, 1.165) is 5.56 Å². The van der Waals surface area contributed by atoms with Gasteiger partial charge in [0.1, 0.15) is 17.8 Å². The first-order chi connectivity index (χ1) is 12.0. The molecule has 2 bridgehead atoms. The van der Waals surface area contributed by atoms with Crippen LogP contribution < -0.4 is 5.32 Å². The van der Waals surface area contributed by atoms with Crippen molar-refractivity contribution >= 4 is 58.3 Å². The molecule has 1 fully saturated rings. The Kier molecular flexibility index (Phi) is 5.00. The van der Waals surface area contributed by atoms with E-state index in [-0.39, 0.29) is 13.2 Å². The normalized spacial score (nSPS) is 30.9. The molecular weight excluding hydrogens is 424 g/mol. The van der Waals surface area contributed by atoms with Crippen LogP contribution >= 0.6 is 46.4 Å². The number of rotatable bonds is 4. The van der Waals surface area contributed by atoms with Crippen molar-refractivity contribution in [2.45, 2.75) is 33.4 Å². The van der Waals surface area contributed by atoms with Gasteiger partial charge in [-0.2, -0.15) is 0 Å². The third-order valence-corrected chi connectivity index (χ3v) is 6.57. The Balaban J connectivity index is 1.69. The number of carbonyl (C=O) groups excluding carboxylic acids is 2. The lowest BCUT2D eigenvalue weighted by Crippen LogP contribution is -2.70. The van der Waals surface area contributed by atoms with Gasteiger partial charge in [-0.3, -0.25) is 4.79 Å². The molecular formula is C17H15Cl4NO4. The maximum absolute atomic E-state index is 12.6.